The van der Waals surface area contributed by atoms with Crippen molar-refractivity contribution in [1.29, 1.82) is 0 Å². The van der Waals surface area contributed by atoms with Crippen LogP contribution in [0.15, 0.2) is 82.0 Å². The van der Waals surface area contributed by atoms with Crippen molar-refractivity contribution in [3.63, 3.8) is 0 Å². The third-order valence-corrected chi connectivity index (χ3v) is 4.83. The molecule has 3 aromatic heterocycles. The van der Waals surface area contributed by atoms with Gasteiger partial charge in [-0.1, -0.05) is 35.9 Å². The maximum atomic E-state index is 12.6. The van der Waals surface area contributed by atoms with Gasteiger partial charge in [0.1, 0.15) is 6.54 Å². The summed E-state index contributed by atoms with van der Waals surface area (Å²) in [5, 5.41) is 12.1. The van der Waals surface area contributed by atoms with Crippen molar-refractivity contribution in [2.24, 2.45) is 0 Å². The fourth-order valence-corrected chi connectivity index (χ4v) is 3.37. The number of aryl methyl sites for hydroxylation is 1. The van der Waals surface area contributed by atoms with Crippen LogP contribution in [0, 0.1) is 6.92 Å². The summed E-state index contributed by atoms with van der Waals surface area (Å²) in [5.74, 6) is 1.07. The van der Waals surface area contributed by atoms with Gasteiger partial charge in [0, 0.05) is 22.8 Å². The van der Waals surface area contributed by atoms with Crippen LogP contribution in [0.2, 0.25) is 0 Å². The number of hydrogen-bond donors (Lipinski definition) is 1. The number of furan rings is 1. The zero-order chi connectivity index (χ0) is 20.5. The largest absolute Gasteiger partial charge is 0.459 e. The Kier molecular flexibility index (Phi) is 4.40. The molecule has 0 aliphatic rings. The Morgan fingerprint density at radius 3 is 2.60 bits per heavy atom. The second kappa shape index (κ2) is 7.36. The molecule has 1 N–H and O–H groups in total. The molecule has 0 atom stereocenters. The lowest BCUT2D eigenvalue weighted by Gasteiger charge is -2.07. The van der Waals surface area contributed by atoms with E-state index in [0.717, 1.165) is 27.7 Å². The predicted molar refractivity (Wildman–Crippen MR) is 113 cm³/mol. The smallest absolute Gasteiger partial charge is 0.283 e. The lowest BCUT2D eigenvalue weighted by molar-refractivity contribution is -0.116. The van der Waals surface area contributed by atoms with Crippen LogP contribution in [0.1, 0.15) is 5.56 Å². The van der Waals surface area contributed by atoms with Gasteiger partial charge in [-0.05, 0) is 37.3 Å². The fraction of sp³-hybridized carbons (Fsp3) is 0.0870. The van der Waals surface area contributed by atoms with E-state index in [9.17, 15) is 4.79 Å². The number of benzene rings is 2. The van der Waals surface area contributed by atoms with Gasteiger partial charge in [-0.2, -0.15) is 0 Å². The molecule has 0 fully saturated rings. The van der Waals surface area contributed by atoms with Gasteiger partial charge in [-0.15, -0.1) is 10.2 Å². The number of amides is 1. The van der Waals surface area contributed by atoms with E-state index in [2.05, 4.69) is 15.5 Å². The molecule has 0 bridgehead atoms. The minimum Gasteiger partial charge on any atom is -0.459 e. The summed E-state index contributed by atoms with van der Waals surface area (Å²) in [7, 11) is 0. The molecule has 0 aliphatic carbocycles. The van der Waals surface area contributed by atoms with Crippen LogP contribution in [0.4, 0.5) is 5.69 Å². The molecule has 0 radical (unpaired) electrons. The predicted octanol–water partition coefficient (Wildman–Crippen LogP) is 4.90. The summed E-state index contributed by atoms with van der Waals surface area (Å²) in [5.41, 5.74) is 3.58. The molecule has 1 amide bonds. The molecule has 30 heavy (non-hydrogen) atoms. The molecular weight excluding hydrogens is 380 g/mol. The van der Waals surface area contributed by atoms with E-state index in [4.69, 9.17) is 8.83 Å². The maximum absolute atomic E-state index is 12.6. The van der Waals surface area contributed by atoms with Crippen LogP contribution in [-0.4, -0.2) is 20.7 Å². The van der Waals surface area contributed by atoms with E-state index >= 15 is 0 Å². The van der Waals surface area contributed by atoms with Crippen LogP contribution < -0.4 is 5.32 Å². The summed E-state index contributed by atoms with van der Waals surface area (Å²) in [6, 6.07) is 19.0. The summed E-state index contributed by atoms with van der Waals surface area (Å²) in [6.45, 7) is 2.17. The number of aromatic nitrogens is 3. The van der Waals surface area contributed by atoms with Crippen molar-refractivity contribution >= 4 is 22.5 Å². The van der Waals surface area contributed by atoms with Gasteiger partial charge < -0.3 is 18.7 Å². The number of hydrogen-bond acceptors (Lipinski definition) is 5. The first-order valence-corrected chi connectivity index (χ1v) is 9.49. The molecule has 5 aromatic rings. The van der Waals surface area contributed by atoms with Gasteiger partial charge in [0.05, 0.1) is 11.8 Å². The lowest BCUT2D eigenvalue weighted by atomic mass is 10.2. The van der Waals surface area contributed by atoms with Crippen molar-refractivity contribution in [2.45, 2.75) is 13.5 Å². The van der Waals surface area contributed by atoms with Crippen LogP contribution in [-0.2, 0) is 11.3 Å². The number of carbonyl (C=O) groups excluding carboxylic acids is 1. The molecule has 0 aliphatic heterocycles. The first-order chi connectivity index (χ1) is 14.7. The zero-order valence-electron chi connectivity index (χ0n) is 16.2. The van der Waals surface area contributed by atoms with E-state index in [0.29, 0.717) is 17.5 Å². The normalized spacial score (nSPS) is 11.1. The monoisotopic (exact) mass is 398 g/mol. The Hall–Kier alpha value is -4.13. The summed E-state index contributed by atoms with van der Waals surface area (Å²) < 4.78 is 13.0. The van der Waals surface area contributed by atoms with Gasteiger partial charge >= 0.3 is 0 Å². The number of nitrogens with one attached hydrogen (secondary N) is 1. The van der Waals surface area contributed by atoms with E-state index in [1.165, 1.54) is 0 Å². The minimum absolute atomic E-state index is 0.118. The van der Waals surface area contributed by atoms with Crippen LogP contribution >= 0.6 is 0 Å². The Labute approximate surface area is 172 Å². The molecule has 2 aromatic carbocycles. The number of anilines is 1. The van der Waals surface area contributed by atoms with Gasteiger partial charge in [0.25, 0.3) is 5.89 Å². The van der Waals surface area contributed by atoms with Crippen molar-refractivity contribution in [3.05, 3.63) is 78.7 Å². The first kappa shape index (κ1) is 17.9. The lowest BCUT2D eigenvalue weighted by Crippen LogP contribution is -2.18. The number of para-hydroxylation sites is 1. The quantitative estimate of drug-likeness (QED) is 0.455. The third kappa shape index (κ3) is 3.37. The molecule has 3 heterocycles. The summed E-state index contributed by atoms with van der Waals surface area (Å²) in [4.78, 5) is 12.6. The molecular formula is C23H18N4O3. The van der Waals surface area contributed by atoms with E-state index in [1.807, 2.05) is 66.2 Å². The number of nitrogens with zero attached hydrogens (tertiary/aromatic N) is 3. The van der Waals surface area contributed by atoms with Crippen LogP contribution in [0.25, 0.3) is 34.0 Å². The van der Waals surface area contributed by atoms with Crippen molar-refractivity contribution in [2.75, 3.05) is 5.32 Å². The molecule has 0 unspecified atom stereocenters. The van der Waals surface area contributed by atoms with Crippen molar-refractivity contribution < 1.29 is 13.6 Å². The highest BCUT2D eigenvalue weighted by atomic mass is 16.4. The van der Waals surface area contributed by atoms with Crippen molar-refractivity contribution in [1.82, 2.24) is 14.8 Å². The zero-order valence-corrected chi connectivity index (χ0v) is 16.2. The molecule has 148 valence electrons. The Bertz CT molecular complexity index is 1310. The van der Waals surface area contributed by atoms with E-state index < -0.39 is 0 Å². The van der Waals surface area contributed by atoms with E-state index in [-0.39, 0.29) is 12.5 Å². The number of carbonyl (C=O) groups is 1. The Morgan fingerprint density at radius 1 is 1.00 bits per heavy atom. The first-order valence-electron chi connectivity index (χ1n) is 9.49. The topological polar surface area (TPSA) is 86.1 Å². The molecule has 0 saturated heterocycles. The average molecular weight is 398 g/mol. The summed E-state index contributed by atoms with van der Waals surface area (Å²) in [6.07, 6.45) is 3.41. The summed E-state index contributed by atoms with van der Waals surface area (Å²) >= 11 is 0. The highest BCUT2D eigenvalue weighted by Crippen LogP contribution is 2.31. The molecule has 7 heteroatoms. The highest BCUT2D eigenvalue weighted by molar-refractivity contribution is 5.96. The van der Waals surface area contributed by atoms with Gasteiger partial charge in [-0.25, -0.2) is 0 Å². The van der Waals surface area contributed by atoms with Gasteiger partial charge in [-0.3, -0.25) is 4.79 Å². The Morgan fingerprint density at radius 2 is 1.80 bits per heavy atom. The second-order valence-corrected chi connectivity index (χ2v) is 6.99. The third-order valence-electron chi connectivity index (χ3n) is 4.83. The molecule has 7 nitrogen and oxygen atoms in total. The second-order valence-electron chi connectivity index (χ2n) is 6.99. The maximum Gasteiger partial charge on any atom is 0.283 e. The molecule has 0 saturated carbocycles. The highest BCUT2D eigenvalue weighted by Gasteiger charge is 2.18. The minimum atomic E-state index is -0.118. The molecule has 5 rings (SSSR count). The van der Waals surface area contributed by atoms with Gasteiger partial charge in [0.2, 0.25) is 11.8 Å². The SMILES string of the molecule is Cc1ccc(NC(=O)Cn2cc(-c3nnc(-c4ccco4)o3)c3ccccc32)cc1. The molecule has 0 spiro atoms. The average Bonchev–Trinajstić information content (AvgIpc) is 3.49. The van der Waals surface area contributed by atoms with Crippen LogP contribution in [0.5, 0.6) is 0 Å². The van der Waals surface area contributed by atoms with Gasteiger partial charge in [0.15, 0.2) is 5.76 Å². The number of fused-ring (bicyclic) bond motifs is 1. The number of rotatable bonds is 5. The standard InChI is InChI=1S/C23H18N4O3/c1-15-8-10-16(11-9-15)24-21(28)14-27-13-18(17-5-2-3-6-19(17)27)22-25-26-23(30-22)20-7-4-12-29-20/h2-13H,14H2,1H3,(H,24,28). The van der Waals surface area contributed by atoms with Crippen molar-refractivity contribution in [3.8, 4) is 23.1 Å². The fourth-order valence-electron chi connectivity index (χ4n) is 3.37. The van der Waals surface area contributed by atoms with E-state index in [1.54, 1.807) is 18.4 Å². The Balaban J connectivity index is 1.45. The van der Waals surface area contributed by atoms with Crippen LogP contribution in [0.3, 0.4) is 0 Å².